The number of pyridine rings is 1. The van der Waals surface area contributed by atoms with Gasteiger partial charge in [-0.2, -0.15) is 13.2 Å². The van der Waals surface area contributed by atoms with Crippen molar-refractivity contribution in [3.63, 3.8) is 0 Å². The molecule has 3 aromatic rings. The van der Waals surface area contributed by atoms with Crippen LogP contribution in [-0.4, -0.2) is 28.3 Å². The van der Waals surface area contributed by atoms with Crippen LogP contribution in [0.15, 0.2) is 59.5 Å². The number of aromatic nitrogens is 1. The Morgan fingerprint density at radius 3 is 2.51 bits per heavy atom. The smallest absolute Gasteiger partial charge is 0.417 e. The largest absolute Gasteiger partial charge is 0.505 e. The maximum absolute atomic E-state index is 13.6. The first-order chi connectivity index (χ1) is 17.4. The van der Waals surface area contributed by atoms with Crippen LogP contribution in [0.1, 0.15) is 36.1 Å². The summed E-state index contributed by atoms with van der Waals surface area (Å²) in [5.41, 5.74) is -1.01. The molecule has 0 aliphatic rings. The van der Waals surface area contributed by atoms with E-state index in [1.54, 1.807) is 19.9 Å². The lowest BCUT2D eigenvalue weighted by molar-refractivity contribution is -0.143. The zero-order chi connectivity index (χ0) is 27.3. The summed E-state index contributed by atoms with van der Waals surface area (Å²) < 4.78 is 46.9. The van der Waals surface area contributed by atoms with Crippen molar-refractivity contribution in [2.45, 2.75) is 32.5 Å². The molecule has 37 heavy (non-hydrogen) atoms. The number of urea groups is 1. The van der Waals surface area contributed by atoms with Crippen molar-refractivity contribution >= 4 is 17.7 Å². The van der Waals surface area contributed by atoms with Gasteiger partial charge in [-0.25, -0.2) is 4.79 Å². The van der Waals surface area contributed by atoms with Crippen molar-refractivity contribution in [3.05, 3.63) is 81.8 Å². The van der Waals surface area contributed by atoms with E-state index < -0.39 is 41.1 Å². The summed E-state index contributed by atoms with van der Waals surface area (Å²) in [5.74, 6) is -1.06. The van der Waals surface area contributed by atoms with Crippen LogP contribution in [-0.2, 0) is 22.8 Å². The van der Waals surface area contributed by atoms with Crippen LogP contribution < -0.4 is 16.2 Å². The first-order valence-corrected chi connectivity index (χ1v) is 11.3. The molecule has 1 heterocycles. The Kier molecular flexibility index (Phi) is 8.26. The third-order valence-electron chi connectivity index (χ3n) is 5.58. The van der Waals surface area contributed by atoms with E-state index in [0.29, 0.717) is 11.1 Å². The fourth-order valence-electron chi connectivity index (χ4n) is 3.85. The average molecular weight is 518 g/mol. The molecule has 8 nitrogen and oxygen atoms in total. The SMILES string of the molecule is CCOC(=O)C[C@H](NC(=O)Nc1c(O)c(C)cn(C)c1=O)c1cccc(-c2ccccc2C(F)(F)F)c1. The van der Waals surface area contributed by atoms with Crippen molar-refractivity contribution in [2.24, 2.45) is 7.05 Å². The van der Waals surface area contributed by atoms with Crippen LogP contribution in [0.3, 0.4) is 0 Å². The molecule has 11 heteroatoms. The van der Waals surface area contributed by atoms with E-state index in [2.05, 4.69) is 10.6 Å². The maximum Gasteiger partial charge on any atom is 0.417 e. The van der Waals surface area contributed by atoms with Gasteiger partial charge in [0.05, 0.1) is 24.6 Å². The highest BCUT2D eigenvalue weighted by molar-refractivity contribution is 5.91. The minimum absolute atomic E-state index is 0.0654. The molecule has 196 valence electrons. The van der Waals surface area contributed by atoms with Crippen LogP contribution >= 0.6 is 0 Å². The minimum Gasteiger partial charge on any atom is -0.505 e. The number of esters is 1. The van der Waals surface area contributed by atoms with E-state index in [9.17, 15) is 32.7 Å². The van der Waals surface area contributed by atoms with Crippen LogP contribution in [0.25, 0.3) is 11.1 Å². The molecule has 0 radical (unpaired) electrons. The molecule has 3 N–H and O–H groups in total. The van der Waals surface area contributed by atoms with Gasteiger partial charge in [-0.3, -0.25) is 9.59 Å². The molecule has 1 atom stereocenters. The summed E-state index contributed by atoms with van der Waals surface area (Å²) in [7, 11) is 1.45. The van der Waals surface area contributed by atoms with E-state index in [0.717, 1.165) is 6.07 Å². The monoisotopic (exact) mass is 517 g/mol. The molecule has 0 bridgehead atoms. The Morgan fingerprint density at radius 2 is 1.84 bits per heavy atom. The molecule has 1 aromatic heterocycles. The number of halogens is 3. The quantitative estimate of drug-likeness (QED) is 0.386. The van der Waals surface area contributed by atoms with Crippen molar-refractivity contribution in [1.82, 2.24) is 9.88 Å². The lowest BCUT2D eigenvalue weighted by Crippen LogP contribution is -2.36. The number of nitrogens with zero attached hydrogens (tertiary/aromatic N) is 1. The zero-order valence-corrected chi connectivity index (χ0v) is 20.3. The normalized spacial score (nSPS) is 12.1. The second-order valence-electron chi connectivity index (χ2n) is 8.28. The number of rotatable bonds is 7. The number of anilines is 1. The van der Waals surface area contributed by atoms with E-state index >= 15 is 0 Å². The summed E-state index contributed by atoms with van der Waals surface area (Å²) >= 11 is 0. The van der Waals surface area contributed by atoms with Gasteiger partial charge in [0.2, 0.25) is 0 Å². The Morgan fingerprint density at radius 1 is 1.14 bits per heavy atom. The minimum atomic E-state index is -4.59. The molecule has 2 aromatic carbocycles. The number of alkyl halides is 3. The van der Waals surface area contributed by atoms with Gasteiger partial charge in [0.15, 0.2) is 5.69 Å². The first-order valence-electron chi connectivity index (χ1n) is 11.3. The summed E-state index contributed by atoms with van der Waals surface area (Å²) in [5, 5.41) is 15.1. The fraction of sp³-hybridized carbons (Fsp3) is 0.269. The number of hydrogen-bond donors (Lipinski definition) is 3. The highest BCUT2D eigenvalue weighted by atomic mass is 19.4. The van der Waals surface area contributed by atoms with Crippen LogP contribution in [0.4, 0.5) is 23.7 Å². The summed E-state index contributed by atoms with van der Waals surface area (Å²) in [6.07, 6.45) is -3.52. The molecule has 0 unspecified atom stereocenters. The van der Waals surface area contributed by atoms with Gasteiger partial charge in [-0.15, -0.1) is 0 Å². The number of nitrogens with one attached hydrogen (secondary N) is 2. The van der Waals surface area contributed by atoms with Crippen molar-refractivity contribution in [2.75, 3.05) is 11.9 Å². The number of aromatic hydroxyl groups is 1. The molecular formula is C26H26F3N3O5. The summed E-state index contributed by atoms with van der Waals surface area (Å²) in [6, 6.07) is 9.13. The number of aryl methyl sites for hydroxylation is 2. The molecule has 0 aliphatic carbocycles. The Balaban J connectivity index is 1.97. The fourth-order valence-corrected chi connectivity index (χ4v) is 3.85. The zero-order valence-electron chi connectivity index (χ0n) is 20.3. The molecule has 3 rings (SSSR count). The van der Waals surface area contributed by atoms with Crippen LogP contribution in [0.5, 0.6) is 5.75 Å². The molecule has 0 saturated carbocycles. The van der Waals surface area contributed by atoms with Gasteiger partial charge in [-0.05, 0) is 42.7 Å². The lowest BCUT2D eigenvalue weighted by Gasteiger charge is -2.21. The number of ether oxygens (including phenoxy) is 1. The number of carbonyl (C=O) groups excluding carboxylic acids is 2. The maximum atomic E-state index is 13.6. The molecule has 0 aliphatic heterocycles. The standard InChI is InChI=1S/C26H26F3N3O5/c1-4-37-21(33)13-20(30-25(36)31-22-23(34)15(2)14-32(3)24(22)35)17-9-7-8-16(12-17)18-10-5-6-11-19(18)26(27,28)29/h5-12,14,20,34H,4,13H2,1-3H3,(H2,30,31,36)/t20-/m0/s1. The van der Waals surface area contributed by atoms with Gasteiger partial charge in [-0.1, -0.05) is 36.4 Å². The van der Waals surface area contributed by atoms with Gasteiger partial charge in [0.25, 0.3) is 5.56 Å². The lowest BCUT2D eigenvalue weighted by atomic mass is 9.95. The van der Waals surface area contributed by atoms with Crippen molar-refractivity contribution < 1.29 is 32.6 Å². The Hall–Kier alpha value is -4.28. The van der Waals surface area contributed by atoms with E-state index in [1.165, 1.54) is 54.2 Å². The first kappa shape index (κ1) is 27.3. The van der Waals surface area contributed by atoms with Gasteiger partial charge >= 0.3 is 18.2 Å². The summed E-state index contributed by atoms with van der Waals surface area (Å²) in [6.45, 7) is 3.24. The highest BCUT2D eigenvalue weighted by Gasteiger charge is 2.33. The number of amides is 2. The number of hydrogen-bond acceptors (Lipinski definition) is 5. The van der Waals surface area contributed by atoms with Crippen molar-refractivity contribution in [1.29, 1.82) is 0 Å². The molecule has 2 amide bonds. The van der Waals surface area contributed by atoms with E-state index in [1.807, 2.05) is 0 Å². The molecule has 0 fully saturated rings. The average Bonchev–Trinajstić information content (AvgIpc) is 2.85. The third kappa shape index (κ3) is 6.49. The van der Waals surface area contributed by atoms with Crippen LogP contribution in [0, 0.1) is 6.92 Å². The number of benzene rings is 2. The van der Waals surface area contributed by atoms with Gasteiger partial charge < -0.3 is 25.0 Å². The van der Waals surface area contributed by atoms with Crippen molar-refractivity contribution in [3.8, 4) is 16.9 Å². The van der Waals surface area contributed by atoms with Gasteiger partial charge in [0, 0.05) is 18.8 Å². The van der Waals surface area contributed by atoms with E-state index in [4.69, 9.17) is 4.74 Å². The van der Waals surface area contributed by atoms with Gasteiger partial charge in [0.1, 0.15) is 5.75 Å². The van der Waals surface area contributed by atoms with Crippen LogP contribution in [0.2, 0.25) is 0 Å². The van der Waals surface area contributed by atoms with E-state index in [-0.39, 0.29) is 29.8 Å². The summed E-state index contributed by atoms with van der Waals surface area (Å²) in [4.78, 5) is 37.5. The predicted molar refractivity (Wildman–Crippen MR) is 131 cm³/mol. The predicted octanol–water partition coefficient (Wildman–Crippen LogP) is 4.90. The third-order valence-corrected chi connectivity index (χ3v) is 5.58. The topological polar surface area (TPSA) is 110 Å². The second kappa shape index (κ2) is 11.2. The highest BCUT2D eigenvalue weighted by Crippen LogP contribution is 2.37. The Labute approximate surface area is 210 Å². The molecule has 0 saturated heterocycles. The molecule has 0 spiro atoms. The molecular weight excluding hydrogens is 491 g/mol. The number of carbonyl (C=O) groups is 2. The second-order valence-corrected chi connectivity index (χ2v) is 8.28. The Bertz CT molecular complexity index is 1370.